The van der Waals surface area contributed by atoms with Crippen molar-refractivity contribution in [1.82, 2.24) is 0 Å². The summed E-state index contributed by atoms with van der Waals surface area (Å²) in [5.74, 6) is 0. The molecule has 0 aliphatic heterocycles. The molecule has 0 fully saturated rings. The van der Waals surface area contributed by atoms with Crippen LogP contribution in [0.15, 0.2) is 0 Å². The Morgan fingerprint density at radius 1 is 1.45 bits per heavy atom. The van der Waals surface area contributed by atoms with Crippen molar-refractivity contribution >= 4 is 10.4 Å². The molecule has 0 amide bonds. The topological polar surface area (TPSA) is 83.8 Å². The van der Waals surface area contributed by atoms with E-state index in [4.69, 9.17) is 9.66 Å². The second-order valence-corrected chi connectivity index (χ2v) is 4.10. The van der Waals surface area contributed by atoms with Crippen LogP contribution in [0.4, 0.5) is 0 Å². The van der Waals surface area contributed by atoms with Gasteiger partial charge in [0, 0.05) is 5.41 Å². The largest absolute Gasteiger partial charge is 0.397 e. The van der Waals surface area contributed by atoms with E-state index in [2.05, 4.69) is 4.18 Å². The highest BCUT2D eigenvalue weighted by Crippen LogP contribution is 2.14. The maximum absolute atomic E-state index is 10.0. The number of aliphatic hydroxyl groups excluding tert-OH is 1. The van der Waals surface area contributed by atoms with Crippen LogP contribution in [0.25, 0.3) is 0 Å². The zero-order valence-electron chi connectivity index (χ0n) is 6.44. The number of hydrogen-bond donors (Lipinski definition) is 2. The molecule has 11 heavy (non-hydrogen) atoms. The van der Waals surface area contributed by atoms with Crippen LogP contribution in [0.3, 0.4) is 0 Å². The summed E-state index contributed by atoms with van der Waals surface area (Å²) in [4.78, 5) is 0. The van der Waals surface area contributed by atoms with Crippen molar-refractivity contribution in [2.45, 2.75) is 13.8 Å². The smallest absolute Gasteiger partial charge is 0.396 e. The van der Waals surface area contributed by atoms with Gasteiger partial charge in [-0.15, -0.1) is 0 Å². The van der Waals surface area contributed by atoms with Crippen molar-refractivity contribution in [1.29, 1.82) is 0 Å². The summed E-state index contributed by atoms with van der Waals surface area (Å²) in [7, 11) is -4.38. The van der Waals surface area contributed by atoms with Crippen molar-refractivity contribution in [3.63, 3.8) is 0 Å². The fourth-order valence-electron chi connectivity index (χ4n) is 0.280. The Morgan fingerprint density at radius 2 is 1.91 bits per heavy atom. The first-order valence-corrected chi connectivity index (χ1v) is 4.36. The lowest BCUT2D eigenvalue weighted by atomic mass is 9.97. The first kappa shape index (κ1) is 10.8. The van der Waals surface area contributed by atoms with E-state index in [0.717, 1.165) is 0 Å². The summed E-state index contributed by atoms with van der Waals surface area (Å²) >= 11 is 0. The lowest BCUT2D eigenvalue weighted by Gasteiger charge is -2.19. The molecule has 0 heterocycles. The second kappa shape index (κ2) is 3.48. The Kier molecular flexibility index (Phi) is 3.43. The maximum Gasteiger partial charge on any atom is 0.397 e. The normalized spacial score (nSPS) is 13.5. The summed E-state index contributed by atoms with van der Waals surface area (Å²) in [5.41, 5.74) is -0.657. The SMILES string of the molecule is CC(C)(CO)COS(=O)(=O)O. The summed E-state index contributed by atoms with van der Waals surface area (Å²) in [6.45, 7) is 2.78. The van der Waals surface area contributed by atoms with E-state index in [1.165, 1.54) is 0 Å². The lowest BCUT2D eigenvalue weighted by Crippen LogP contribution is -2.25. The van der Waals surface area contributed by atoms with Gasteiger partial charge in [-0.1, -0.05) is 13.8 Å². The first-order valence-electron chi connectivity index (χ1n) is 2.99. The molecule has 0 aromatic carbocycles. The summed E-state index contributed by atoms with van der Waals surface area (Å²) in [5, 5.41) is 8.63. The van der Waals surface area contributed by atoms with Crippen LogP contribution in [0.1, 0.15) is 13.8 Å². The van der Waals surface area contributed by atoms with Crippen molar-refractivity contribution < 1.29 is 22.3 Å². The third-order valence-electron chi connectivity index (χ3n) is 1.03. The molecule has 0 radical (unpaired) electrons. The van der Waals surface area contributed by atoms with Gasteiger partial charge in [0.1, 0.15) is 0 Å². The molecule has 6 heteroatoms. The monoisotopic (exact) mass is 184 g/mol. The van der Waals surface area contributed by atoms with Gasteiger partial charge >= 0.3 is 10.4 Å². The molecule has 0 aromatic rings. The van der Waals surface area contributed by atoms with E-state index in [0.29, 0.717) is 0 Å². The molecule has 2 N–H and O–H groups in total. The molecule has 0 rings (SSSR count). The molecule has 0 aromatic heterocycles. The van der Waals surface area contributed by atoms with Crippen LogP contribution in [0, 0.1) is 5.41 Å². The molecule has 0 atom stereocenters. The van der Waals surface area contributed by atoms with Crippen LogP contribution in [-0.4, -0.2) is 31.3 Å². The summed E-state index contributed by atoms with van der Waals surface area (Å²) in [6, 6.07) is 0. The van der Waals surface area contributed by atoms with Gasteiger partial charge < -0.3 is 5.11 Å². The van der Waals surface area contributed by atoms with Gasteiger partial charge in [0.05, 0.1) is 13.2 Å². The number of hydrogen-bond acceptors (Lipinski definition) is 4. The Morgan fingerprint density at radius 3 is 2.18 bits per heavy atom. The van der Waals surface area contributed by atoms with Gasteiger partial charge in [-0.3, -0.25) is 4.55 Å². The quantitative estimate of drug-likeness (QED) is 0.592. The predicted octanol–water partition coefficient (Wildman–Crippen LogP) is -0.176. The zero-order chi connectivity index (χ0) is 9.12. The number of aliphatic hydroxyl groups is 1. The third kappa shape index (κ3) is 6.24. The minimum absolute atomic E-state index is 0.206. The van der Waals surface area contributed by atoms with E-state index < -0.39 is 15.8 Å². The van der Waals surface area contributed by atoms with Crippen LogP contribution in [0.5, 0.6) is 0 Å². The molecule has 0 spiro atoms. The van der Waals surface area contributed by atoms with Crippen molar-refractivity contribution in [3.8, 4) is 0 Å². The predicted molar refractivity (Wildman–Crippen MR) is 38.4 cm³/mol. The maximum atomic E-state index is 10.0. The van der Waals surface area contributed by atoms with Crippen LogP contribution < -0.4 is 0 Å². The van der Waals surface area contributed by atoms with Crippen LogP contribution in [-0.2, 0) is 14.6 Å². The summed E-state index contributed by atoms with van der Waals surface area (Å²) in [6.07, 6.45) is 0. The summed E-state index contributed by atoms with van der Waals surface area (Å²) < 4.78 is 32.3. The highest BCUT2D eigenvalue weighted by Gasteiger charge is 2.19. The Labute approximate surface area is 65.9 Å². The minimum atomic E-state index is -4.38. The molecule has 0 unspecified atom stereocenters. The molecule has 0 aliphatic rings. The van der Waals surface area contributed by atoms with Gasteiger partial charge in [-0.05, 0) is 0 Å². The Balaban J connectivity index is 3.90. The minimum Gasteiger partial charge on any atom is -0.396 e. The standard InChI is InChI=1S/C5H12O5S/c1-5(2,3-6)4-10-11(7,8)9/h6H,3-4H2,1-2H3,(H,7,8,9). The molecule has 0 saturated heterocycles. The highest BCUT2D eigenvalue weighted by atomic mass is 32.3. The molecular formula is C5H12O5S. The molecule has 0 aliphatic carbocycles. The molecule has 0 saturated carbocycles. The molecule has 68 valence electrons. The average molecular weight is 184 g/mol. The van der Waals surface area contributed by atoms with E-state index >= 15 is 0 Å². The van der Waals surface area contributed by atoms with Gasteiger partial charge in [-0.25, -0.2) is 4.18 Å². The van der Waals surface area contributed by atoms with Crippen molar-refractivity contribution in [3.05, 3.63) is 0 Å². The van der Waals surface area contributed by atoms with E-state index in [9.17, 15) is 8.42 Å². The van der Waals surface area contributed by atoms with E-state index in [1.807, 2.05) is 0 Å². The van der Waals surface area contributed by atoms with Crippen LogP contribution in [0.2, 0.25) is 0 Å². The fraction of sp³-hybridized carbons (Fsp3) is 1.00. The second-order valence-electron chi connectivity index (χ2n) is 3.01. The first-order chi connectivity index (χ1) is 4.77. The molecular weight excluding hydrogens is 172 g/mol. The van der Waals surface area contributed by atoms with E-state index in [-0.39, 0.29) is 13.2 Å². The van der Waals surface area contributed by atoms with Gasteiger partial charge in [0.2, 0.25) is 0 Å². The average Bonchev–Trinajstić information content (AvgIpc) is 1.83. The Hall–Kier alpha value is -0.170. The van der Waals surface area contributed by atoms with Gasteiger partial charge in [-0.2, -0.15) is 8.42 Å². The van der Waals surface area contributed by atoms with Gasteiger partial charge in [0.25, 0.3) is 0 Å². The Bertz CT molecular complexity index is 205. The number of rotatable bonds is 4. The van der Waals surface area contributed by atoms with Gasteiger partial charge in [0.15, 0.2) is 0 Å². The highest BCUT2D eigenvalue weighted by molar-refractivity contribution is 7.80. The lowest BCUT2D eigenvalue weighted by molar-refractivity contribution is 0.0938. The fourth-order valence-corrected chi connectivity index (χ4v) is 0.748. The van der Waals surface area contributed by atoms with Crippen molar-refractivity contribution in [2.75, 3.05) is 13.2 Å². The van der Waals surface area contributed by atoms with Crippen molar-refractivity contribution in [2.24, 2.45) is 5.41 Å². The third-order valence-corrected chi connectivity index (χ3v) is 1.44. The molecule has 5 nitrogen and oxygen atoms in total. The van der Waals surface area contributed by atoms with Crippen LogP contribution >= 0.6 is 0 Å². The molecule has 0 bridgehead atoms. The zero-order valence-corrected chi connectivity index (χ0v) is 7.26. The van der Waals surface area contributed by atoms with E-state index in [1.54, 1.807) is 13.8 Å².